The molecular weight excluding hydrogens is 562 g/mol. The number of hydrogen-bond acceptors (Lipinski definition) is 5. The molecule has 0 aliphatic heterocycles. The summed E-state index contributed by atoms with van der Waals surface area (Å²) in [7, 11) is -1.05. The molecule has 8 nitrogen and oxygen atoms in total. The predicted octanol–water partition coefficient (Wildman–Crippen LogP) is 4.84. The van der Waals surface area contributed by atoms with Gasteiger partial charge < -0.3 is 15.0 Å². The zero-order valence-electron chi connectivity index (χ0n) is 24.6. The van der Waals surface area contributed by atoms with E-state index < -0.39 is 28.5 Å². The minimum Gasteiger partial charge on any atom is -0.497 e. The third-order valence-electron chi connectivity index (χ3n) is 7.25. The van der Waals surface area contributed by atoms with Crippen LogP contribution >= 0.6 is 0 Å². The van der Waals surface area contributed by atoms with Gasteiger partial charge in [-0.05, 0) is 59.5 Å². The molecule has 0 aliphatic carbocycles. The number of nitrogens with zero attached hydrogens (tertiary/aromatic N) is 2. The monoisotopic (exact) mass is 599 g/mol. The molecule has 0 spiro atoms. The van der Waals surface area contributed by atoms with Crippen LogP contribution in [-0.2, 0) is 39.0 Å². The number of hydrogen-bond donors (Lipinski definition) is 1. The molecule has 0 radical (unpaired) electrons. The van der Waals surface area contributed by atoms with Gasteiger partial charge in [-0.15, -0.1) is 0 Å². The van der Waals surface area contributed by atoms with E-state index >= 15 is 0 Å². The highest BCUT2D eigenvalue weighted by Crippen LogP contribution is 2.26. The van der Waals surface area contributed by atoms with Gasteiger partial charge in [0.15, 0.2) is 0 Å². The first-order valence-electron chi connectivity index (χ1n) is 14.1. The SMILES string of the molecule is CCc1ccc(N(CC(=O)N(Cc2cccc(OC)c2)C(Cc2ccccc2)C(=O)NC)S(=O)(=O)c2ccccc2)cc1. The van der Waals surface area contributed by atoms with E-state index in [0.717, 1.165) is 27.4 Å². The molecule has 0 aromatic heterocycles. The zero-order chi connectivity index (χ0) is 30.8. The molecule has 0 bridgehead atoms. The summed E-state index contributed by atoms with van der Waals surface area (Å²) in [6.07, 6.45) is 1.03. The van der Waals surface area contributed by atoms with Gasteiger partial charge in [0.05, 0.1) is 17.7 Å². The largest absolute Gasteiger partial charge is 0.497 e. The van der Waals surface area contributed by atoms with Gasteiger partial charge in [0, 0.05) is 20.0 Å². The standard InChI is InChI=1S/C34H37N3O5S/c1-4-26-18-20-29(21-19-26)37(43(40,41)31-16-9-6-10-17-31)25-33(38)36(24-28-14-11-15-30(22-28)42-3)32(34(39)35-2)23-27-12-7-5-8-13-27/h5-22,32H,4,23-25H2,1-3H3,(H,35,39). The third kappa shape index (κ3) is 7.81. The van der Waals surface area contributed by atoms with Crippen molar-refractivity contribution in [1.29, 1.82) is 0 Å². The molecule has 4 aromatic carbocycles. The average Bonchev–Trinajstić information content (AvgIpc) is 3.05. The number of rotatable bonds is 13. The molecule has 4 aromatic rings. The van der Waals surface area contributed by atoms with Gasteiger partial charge in [-0.2, -0.15) is 0 Å². The molecule has 0 fully saturated rings. The summed E-state index contributed by atoms with van der Waals surface area (Å²) in [5, 5.41) is 2.69. The molecule has 1 N–H and O–H groups in total. The van der Waals surface area contributed by atoms with Crippen LogP contribution in [0.4, 0.5) is 5.69 Å². The van der Waals surface area contributed by atoms with Crippen LogP contribution in [0.5, 0.6) is 5.75 Å². The lowest BCUT2D eigenvalue weighted by Crippen LogP contribution is -2.53. The Bertz CT molecular complexity index is 1610. The predicted molar refractivity (Wildman–Crippen MR) is 168 cm³/mol. The topological polar surface area (TPSA) is 96.0 Å². The summed E-state index contributed by atoms with van der Waals surface area (Å²) in [6.45, 7) is 1.57. The number of carbonyl (C=O) groups is 2. The summed E-state index contributed by atoms with van der Waals surface area (Å²) >= 11 is 0. The van der Waals surface area contributed by atoms with E-state index in [-0.39, 0.29) is 23.8 Å². The molecule has 4 rings (SSSR count). The first-order valence-corrected chi connectivity index (χ1v) is 15.6. The number of benzene rings is 4. The maximum Gasteiger partial charge on any atom is 0.264 e. The third-order valence-corrected chi connectivity index (χ3v) is 9.04. The van der Waals surface area contributed by atoms with Crippen LogP contribution in [0.3, 0.4) is 0 Å². The molecule has 224 valence electrons. The van der Waals surface area contributed by atoms with E-state index in [9.17, 15) is 18.0 Å². The number of carbonyl (C=O) groups excluding carboxylic acids is 2. The van der Waals surface area contributed by atoms with Crippen LogP contribution in [0.15, 0.2) is 114 Å². The summed E-state index contributed by atoms with van der Waals surface area (Å²) in [6, 6.07) is 30.9. The summed E-state index contributed by atoms with van der Waals surface area (Å²) < 4.78 is 34.5. The highest BCUT2D eigenvalue weighted by atomic mass is 32.2. The minimum atomic E-state index is -4.13. The fourth-order valence-electron chi connectivity index (χ4n) is 4.83. The van der Waals surface area contributed by atoms with Gasteiger partial charge >= 0.3 is 0 Å². The van der Waals surface area contributed by atoms with Crippen LogP contribution in [0.2, 0.25) is 0 Å². The van der Waals surface area contributed by atoms with E-state index in [1.807, 2.05) is 61.5 Å². The molecule has 0 saturated heterocycles. The van der Waals surface area contributed by atoms with Crippen molar-refractivity contribution >= 4 is 27.5 Å². The zero-order valence-corrected chi connectivity index (χ0v) is 25.5. The van der Waals surface area contributed by atoms with Crippen molar-refractivity contribution in [2.75, 3.05) is 25.0 Å². The number of aryl methyl sites for hydroxylation is 1. The van der Waals surface area contributed by atoms with E-state index in [1.54, 1.807) is 49.6 Å². The number of methoxy groups -OCH3 is 1. The molecule has 1 atom stereocenters. The van der Waals surface area contributed by atoms with Crippen molar-refractivity contribution < 1.29 is 22.7 Å². The minimum absolute atomic E-state index is 0.0638. The van der Waals surface area contributed by atoms with Gasteiger partial charge in [-0.1, -0.05) is 79.7 Å². The Hall–Kier alpha value is -4.63. The van der Waals surface area contributed by atoms with Crippen molar-refractivity contribution in [3.63, 3.8) is 0 Å². The molecule has 0 saturated carbocycles. The van der Waals surface area contributed by atoms with Crippen LogP contribution in [0.25, 0.3) is 0 Å². The normalized spacial score (nSPS) is 11.8. The second-order valence-corrected chi connectivity index (χ2v) is 11.9. The quantitative estimate of drug-likeness (QED) is 0.237. The maximum absolute atomic E-state index is 14.3. The molecule has 0 aliphatic rings. The Kier molecular flexibility index (Phi) is 10.6. The number of nitrogens with one attached hydrogen (secondary N) is 1. The van der Waals surface area contributed by atoms with Crippen molar-refractivity contribution in [3.8, 4) is 5.75 Å². The van der Waals surface area contributed by atoms with Gasteiger partial charge in [-0.3, -0.25) is 13.9 Å². The number of ether oxygens (including phenoxy) is 1. The van der Waals surface area contributed by atoms with E-state index in [4.69, 9.17) is 4.74 Å². The average molecular weight is 600 g/mol. The van der Waals surface area contributed by atoms with E-state index in [1.165, 1.54) is 24.1 Å². The van der Waals surface area contributed by atoms with Crippen LogP contribution in [0.1, 0.15) is 23.6 Å². The van der Waals surface area contributed by atoms with Gasteiger partial charge in [-0.25, -0.2) is 8.42 Å². The van der Waals surface area contributed by atoms with E-state index in [2.05, 4.69) is 5.32 Å². The van der Waals surface area contributed by atoms with Crippen LogP contribution in [-0.4, -0.2) is 51.9 Å². The Labute approximate surface area is 254 Å². The van der Waals surface area contributed by atoms with Crippen molar-refractivity contribution in [1.82, 2.24) is 10.2 Å². The Morgan fingerprint density at radius 2 is 1.44 bits per heavy atom. The van der Waals surface area contributed by atoms with E-state index in [0.29, 0.717) is 11.4 Å². The number of likely N-dealkylation sites (N-methyl/N-ethyl adjacent to an activating group) is 1. The molecule has 2 amide bonds. The second kappa shape index (κ2) is 14.5. The Balaban J connectivity index is 1.78. The highest BCUT2D eigenvalue weighted by Gasteiger charge is 2.34. The van der Waals surface area contributed by atoms with Crippen LogP contribution in [0, 0.1) is 0 Å². The van der Waals surface area contributed by atoms with Crippen molar-refractivity contribution in [2.45, 2.75) is 37.2 Å². The second-order valence-electron chi connectivity index (χ2n) is 10.0. The summed E-state index contributed by atoms with van der Waals surface area (Å²) in [5.41, 5.74) is 2.99. The fraction of sp³-hybridized carbons (Fsp3) is 0.235. The van der Waals surface area contributed by atoms with Gasteiger partial charge in [0.1, 0.15) is 18.3 Å². The van der Waals surface area contributed by atoms with Crippen LogP contribution < -0.4 is 14.4 Å². The number of sulfonamides is 1. The Morgan fingerprint density at radius 3 is 2.05 bits per heavy atom. The summed E-state index contributed by atoms with van der Waals surface area (Å²) in [5.74, 6) is -0.273. The van der Waals surface area contributed by atoms with Crippen molar-refractivity contribution in [2.24, 2.45) is 0 Å². The number of amides is 2. The fourth-order valence-corrected chi connectivity index (χ4v) is 6.27. The molecule has 43 heavy (non-hydrogen) atoms. The maximum atomic E-state index is 14.3. The lowest BCUT2D eigenvalue weighted by molar-refractivity contribution is -0.139. The number of anilines is 1. The highest BCUT2D eigenvalue weighted by molar-refractivity contribution is 7.92. The molecule has 9 heteroatoms. The molecular formula is C34H37N3O5S. The van der Waals surface area contributed by atoms with Gasteiger partial charge in [0.25, 0.3) is 10.0 Å². The summed E-state index contributed by atoms with van der Waals surface area (Å²) in [4.78, 5) is 29.2. The Morgan fingerprint density at radius 1 is 0.814 bits per heavy atom. The van der Waals surface area contributed by atoms with Gasteiger partial charge in [0.2, 0.25) is 11.8 Å². The lowest BCUT2D eigenvalue weighted by atomic mass is 10.0. The first kappa shape index (κ1) is 31.3. The first-order chi connectivity index (χ1) is 20.8. The molecule has 1 unspecified atom stereocenters. The smallest absolute Gasteiger partial charge is 0.264 e. The lowest BCUT2D eigenvalue weighted by Gasteiger charge is -2.33. The molecule has 0 heterocycles. The van der Waals surface area contributed by atoms with Crippen molar-refractivity contribution in [3.05, 3.63) is 126 Å².